The van der Waals surface area contributed by atoms with E-state index < -0.39 is 0 Å². The van der Waals surface area contributed by atoms with Crippen molar-refractivity contribution in [2.24, 2.45) is 10.4 Å². The third-order valence-corrected chi connectivity index (χ3v) is 5.00. The minimum absolute atomic E-state index is 0.335. The lowest BCUT2D eigenvalue weighted by Gasteiger charge is -2.27. The van der Waals surface area contributed by atoms with E-state index in [1.165, 1.54) is 4.88 Å². The van der Waals surface area contributed by atoms with E-state index in [1.807, 2.05) is 6.07 Å². The lowest BCUT2D eigenvalue weighted by molar-refractivity contribution is 0.436. The van der Waals surface area contributed by atoms with E-state index in [0.29, 0.717) is 5.41 Å². The van der Waals surface area contributed by atoms with Gasteiger partial charge in [0.2, 0.25) is 0 Å². The third-order valence-electron chi connectivity index (χ3n) is 2.29. The Morgan fingerprint density at radius 2 is 2.31 bits per heavy atom. The predicted octanol–water partition coefficient (Wildman–Crippen LogP) is 3.62. The zero-order valence-electron chi connectivity index (χ0n) is 9.42. The summed E-state index contributed by atoms with van der Waals surface area (Å²) in [5.74, 6) is 1.13. The number of thioether (sulfide) groups is 1. The molecule has 2 rings (SSSR count). The number of hydrogen-bond acceptors (Lipinski definition) is 4. The number of thiophene rings is 1. The van der Waals surface area contributed by atoms with Crippen LogP contribution in [0.5, 0.6) is 0 Å². The standard InChI is InChI=1S/C11H15ClN2S2/c1-11(2)6-14-10(15-7-11)13-5-8-3-4-9(12)16-8/h3-4H,5-7H2,1-2H3,(H,13,14). The van der Waals surface area contributed by atoms with Gasteiger partial charge in [-0.05, 0) is 17.5 Å². The molecule has 2 nitrogen and oxygen atoms in total. The first-order valence-corrected chi connectivity index (χ1v) is 7.38. The van der Waals surface area contributed by atoms with Crippen LogP contribution in [0, 0.1) is 5.41 Å². The Balaban J connectivity index is 1.85. The van der Waals surface area contributed by atoms with Gasteiger partial charge in [-0.25, -0.2) is 0 Å². The third kappa shape index (κ3) is 3.40. The van der Waals surface area contributed by atoms with Crippen LogP contribution in [0.2, 0.25) is 4.34 Å². The second-order valence-electron chi connectivity index (χ2n) is 4.63. The SMILES string of the molecule is CC1(C)CN=C(NCc2ccc(Cl)s2)SC1. The van der Waals surface area contributed by atoms with Gasteiger partial charge >= 0.3 is 0 Å². The number of rotatable bonds is 2. The van der Waals surface area contributed by atoms with E-state index >= 15 is 0 Å². The molecule has 16 heavy (non-hydrogen) atoms. The van der Waals surface area contributed by atoms with Crippen molar-refractivity contribution in [3.8, 4) is 0 Å². The maximum absolute atomic E-state index is 5.87. The van der Waals surface area contributed by atoms with Gasteiger partial charge in [0, 0.05) is 17.2 Å². The van der Waals surface area contributed by atoms with Crippen LogP contribution in [0.3, 0.4) is 0 Å². The van der Waals surface area contributed by atoms with Gasteiger partial charge in [0.15, 0.2) is 5.17 Å². The van der Waals surface area contributed by atoms with Crippen LogP contribution in [0.1, 0.15) is 18.7 Å². The number of amidine groups is 1. The molecule has 88 valence electrons. The van der Waals surface area contributed by atoms with Gasteiger partial charge in [-0.1, -0.05) is 37.2 Å². The highest BCUT2D eigenvalue weighted by Crippen LogP contribution is 2.27. The Kier molecular flexibility index (Phi) is 3.82. The predicted molar refractivity (Wildman–Crippen MR) is 74.7 cm³/mol. The molecule has 1 aromatic rings. The Morgan fingerprint density at radius 3 is 2.88 bits per heavy atom. The second kappa shape index (κ2) is 4.98. The van der Waals surface area contributed by atoms with Gasteiger partial charge in [0.05, 0.1) is 10.9 Å². The fourth-order valence-electron chi connectivity index (χ4n) is 1.36. The minimum Gasteiger partial charge on any atom is -0.360 e. The highest BCUT2D eigenvalue weighted by atomic mass is 35.5. The molecule has 0 fully saturated rings. The summed E-state index contributed by atoms with van der Waals surface area (Å²) in [7, 11) is 0. The van der Waals surface area contributed by atoms with Crippen LogP contribution in [-0.2, 0) is 6.54 Å². The lowest BCUT2D eigenvalue weighted by Crippen LogP contribution is -2.30. The molecule has 0 bridgehead atoms. The maximum atomic E-state index is 5.87. The molecular weight excluding hydrogens is 260 g/mol. The summed E-state index contributed by atoms with van der Waals surface area (Å²) >= 11 is 9.30. The summed E-state index contributed by atoms with van der Waals surface area (Å²) < 4.78 is 0.844. The number of nitrogens with zero attached hydrogens (tertiary/aromatic N) is 1. The van der Waals surface area contributed by atoms with Gasteiger partial charge in [-0.3, -0.25) is 4.99 Å². The Hall–Kier alpha value is -0.190. The lowest BCUT2D eigenvalue weighted by atomic mass is 9.97. The van der Waals surface area contributed by atoms with E-state index in [1.54, 1.807) is 23.1 Å². The first-order chi connectivity index (χ1) is 7.55. The molecule has 0 atom stereocenters. The molecule has 1 N–H and O–H groups in total. The molecule has 0 radical (unpaired) electrons. The van der Waals surface area contributed by atoms with Crippen LogP contribution in [0.25, 0.3) is 0 Å². The van der Waals surface area contributed by atoms with E-state index in [4.69, 9.17) is 11.6 Å². The van der Waals surface area contributed by atoms with Crippen molar-refractivity contribution in [3.05, 3.63) is 21.3 Å². The molecule has 0 amide bonds. The van der Waals surface area contributed by atoms with E-state index in [-0.39, 0.29) is 0 Å². The monoisotopic (exact) mass is 274 g/mol. The summed E-state index contributed by atoms with van der Waals surface area (Å²) in [6.07, 6.45) is 0. The molecule has 0 saturated heterocycles. The maximum Gasteiger partial charge on any atom is 0.156 e. The van der Waals surface area contributed by atoms with E-state index in [0.717, 1.165) is 28.3 Å². The molecule has 2 heterocycles. The fraction of sp³-hybridized carbons (Fsp3) is 0.545. The van der Waals surface area contributed by atoms with E-state index in [2.05, 4.69) is 30.2 Å². The highest BCUT2D eigenvalue weighted by Gasteiger charge is 2.23. The fourth-order valence-corrected chi connectivity index (χ4v) is 3.33. The van der Waals surface area contributed by atoms with Crippen molar-refractivity contribution < 1.29 is 0 Å². The summed E-state index contributed by atoms with van der Waals surface area (Å²) in [4.78, 5) is 5.79. The molecule has 0 unspecified atom stereocenters. The molecule has 0 spiro atoms. The molecular formula is C11H15ClN2S2. The number of hydrogen-bond donors (Lipinski definition) is 1. The summed E-state index contributed by atoms with van der Waals surface area (Å²) in [5, 5.41) is 4.41. The summed E-state index contributed by atoms with van der Waals surface area (Å²) in [6, 6.07) is 3.99. The Labute approximate surface area is 109 Å². The van der Waals surface area contributed by atoms with Crippen LogP contribution < -0.4 is 5.32 Å². The van der Waals surface area contributed by atoms with Crippen molar-refractivity contribution in [2.45, 2.75) is 20.4 Å². The van der Waals surface area contributed by atoms with Crippen molar-refractivity contribution in [2.75, 3.05) is 12.3 Å². The Morgan fingerprint density at radius 1 is 1.50 bits per heavy atom. The van der Waals surface area contributed by atoms with Crippen LogP contribution in [0.4, 0.5) is 0 Å². The van der Waals surface area contributed by atoms with Crippen LogP contribution in [0.15, 0.2) is 17.1 Å². The van der Waals surface area contributed by atoms with Crippen molar-refractivity contribution in [1.29, 1.82) is 0 Å². The van der Waals surface area contributed by atoms with Crippen molar-refractivity contribution >= 4 is 39.9 Å². The van der Waals surface area contributed by atoms with E-state index in [9.17, 15) is 0 Å². The highest BCUT2D eigenvalue weighted by molar-refractivity contribution is 8.13. The first kappa shape index (κ1) is 12.3. The molecule has 5 heteroatoms. The number of aliphatic imine (C=N–C) groups is 1. The first-order valence-electron chi connectivity index (χ1n) is 5.20. The molecule has 0 aromatic carbocycles. The molecule has 0 aliphatic carbocycles. The van der Waals surface area contributed by atoms with Crippen molar-refractivity contribution in [1.82, 2.24) is 5.32 Å². The zero-order chi connectivity index (χ0) is 11.6. The van der Waals surface area contributed by atoms with Gasteiger partial charge in [-0.15, -0.1) is 11.3 Å². The quantitative estimate of drug-likeness (QED) is 0.891. The van der Waals surface area contributed by atoms with Gasteiger partial charge in [0.25, 0.3) is 0 Å². The van der Waals surface area contributed by atoms with Crippen LogP contribution in [-0.4, -0.2) is 17.5 Å². The van der Waals surface area contributed by atoms with Gasteiger partial charge in [-0.2, -0.15) is 0 Å². The number of halogens is 1. The molecule has 1 aromatic heterocycles. The summed E-state index contributed by atoms with van der Waals surface area (Å²) in [6.45, 7) is 6.23. The Bertz CT molecular complexity index is 398. The second-order valence-corrected chi connectivity index (χ2v) is 7.40. The topological polar surface area (TPSA) is 24.4 Å². The van der Waals surface area contributed by atoms with Crippen LogP contribution >= 0.6 is 34.7 Å². The molecule has 0 saturated carbocycles. The van der Waals surface area contributed by atoms with Gasteiger partial charge < -0.3 is 5.32 Å². The van der Waals surface area contributed by atoms with Gasteiger partial charge in [0.1, 0.15) is 0 Å². The number of nitrogens with one attached hydrogen (secondary N) is 1. The largest absolute Gasteiger partial charge is 0.360 e. The smallest absolute Gasteiger partial charge is 0.156 e. The average molecular weight is 275 g/mol. The summed E-state index contributed by atoms with van der Waals surface area (Å²) in [5.41, 5.74) is 0.335. The zero-order valence-corrected chi connectivity index (χ0v) is 11.8. The normalized spacial score (nSPS) is 19.3. The molecule has 1 aliphatic heterocycles. The average Bonchev–Trinajstić information content (AvgIpc) is 2.63. The minimum atomic E-state index is 0.335. The van der Waals surface area contributed by atoms with Crippen molar-refractivity contribution in [3.63, 3.8) is 0 Å². The molecule has 1 aliphatic rings.